The molecule has 0 radical (unpaired) electrons. The molecule has 0 saturated carbocycles. The van der Waals surface area contributed by atoms with Crippen molar-refractivity contribution in [3.8, 4) is 0 Å². The molecule has 0 aliphatic carbocycles. The minimum atomic E-state index is -1.55. The van der Waals surface area contributed by atoms with Crippen molar-refractivity contribution in [3.05, 3.63) is 35.9 Å². The summed E-state index contributed by atoms with van der Waals surface area (Å²) in [5.74, 6) is -6.65. The first-order chi connectivity index (χ1) is 15.7. The molecule has 12 heteroatoms. The third-order valence-electron chi connectivity index (χ3n) is 4.72. The first kappa shape index (κ1) is 27.4. The van der Waals surface area contributed by atoms with E-state index in [-0.39, 0.29) is 6.61 Å². The van der Waals surface area contributed by atoms with Crippen molar-refractivity contribution in [2.45, 2.75) is 25.6 Å². The Morgan fingerprint density at radius 2 is 1.42 bits per heavy atom. The van der Waals surface area contributed by atoms with Gasteiger partial charge in [0.25, 0.3) is 0 Å². The molecule has 0 saturated heterocycles. The van der Waals surface area contributed by atoms with E-state index in [9.17, 15) is 29.1 Å². The number of hydrogen-bond donors (Lipinski definition) is 3. The zero-order valence-electron chi connectivity index (χ0n) is 18.7. The Morgan fingerprint density at radius 1 is 0.879 bits per heavy atom. The average molecular weight is 468 g/mol. The molecule has 33 heavy (non-hydrogen) atoms. The zero-order chi connectivity index (χ0) is 25.0. The van der Waals surface area contributed by atoms with E-state index in [0.717, 1.165) is 21.3 Å². The minimum Gasteiger partial charge on any atom is -0.468 e. The first-order valence-corrected chi connectivity index (χ1v) is 9.82. The van der Waals surface area contributed by atoms with E-state index in [1.165, 1.54) is 6.92 Å². The van der Waals surface area contributed by atoms with Gasteiger partial charge in [0.05, 0.1) is 27.9 Å². The molecule has 2 amide bonds. The third-order valence-corrected chi connectivity index (χ3v) is 4.72. The Morgan fingerprint density at radius 3 is 1.91 bits per heavy atom. The van der Waals surface area contributed by atoms with Crippen LogP contribution in [-0.4, -0.2) is 75.0 Å². The Hall–Kier alpha value is -3.67. The highest BCUT2D eigenvalue weighted by atomic mass is 16.6. The summed E-state index contributed by atoms with van der Waals surface area (Å²) in [6.07, 6.45) is -0.988. The number of aliphatic hydroxyl groups excluding tert-OH is 1. The van der Waals surface area contributed by atoms with Crippen LogP contribution < -0.4 is 10.6 Å². The van der Waals surface area contributed by atoms with Gasteiger partial charge in [0.1, 0.15) is 18.7 Å². The van der Waals surface area contributed by atoms with Gasteiger partial charge < -0.3 is 34.7 Å². The Kier molecular flexibility index (Phi) is 11.3. The number of hydrogen-bond acceptors (Lipinski definition) is 10. The van der Waals surface area contributed by atoms with Crippen molar-refractivity contribution < 1.29 is 48.0 Å². The standard InChI is InChI=1S/C21H28N2O10/c1-12(15(18(26)30-2)19(27)31-3)16(20(28)32-4)23-17(25)14(10-24)22-21(29)33-11-13-8-6-5-7-9-13/h5-9,12,14-16,24H,10-11H2,1-4H3,(H,22,29)(H,23,25)/t12-,14+,16-/m1/s1. The fourth-order valence-corrected chi connectivity index (χ4v) is 2.86. The van der Waals surface area contributed by atoms with Gasteiger partial charge in [-0.25, -0.2) is 9.59 Å². The molecule has 0 unspecified atom stereocenters. The third kappa shape index (κ3) is 8.07. The largest absolute Gasteiger partial charge is 0.468 e. The van der Waals surface area contributed by atoms with Gasteiger partial charge in [0.15, 0.2) is 5.92 Å². The Bertz CT molecular complexity index is 814. The first-order valence-electron chi connectivity index (χ1n) is 9.82. The van der Waals surface area contributed by atoms with E-state index < -0.39 is 60.4 Å². The number of esters is 3. The lowest BCUT2D eigenvalue weighted by Crippen LogP contribution is -2.57. The molecule has 0 spiro atoms. The lowest BCUT2D eigenvalue weighted by molar-refractivity contribution is -0.163. The smallest absolute Gasteiger partial charge is 0.408 e. The number of ether oxygens (including phenoxy) is 4. The van der Waals surface area contributed by atoms with E-state index >= 15 is 0 Å². The van der Waals surface area contributed by atoms with E-state index in [2.05, 4.69) is 24.8 Å². The van der Waals surface area contributed by atoms with Crippen LogP contribution in [0.4, 0.5) is 4.79 Å². The molecule has 1 aromatic carbocycles. The van der Waals surface area contributed by atoms with Crippen LogP contribution in [0.15, 0.2) is 30.3 Å². The van der Waals surface area contributed by atoms with Gasteiger partial charge in [-0.2, -0.15) is 0 Å². The molecule has 0 heterocycles. The molecule has 1 aromatic rings. The number of benzene rings is 1. The average Bonchev–Trinajstić information content (AvgIpc) is 2.84. The molecule has 3 atom stereocenters. The van der Waals surface area contributed by atoms with Crippen molar-refractivity contribution in [3.63, 3.8) is 0 Å². The van der Waals surface area contributed by atoms with E-state index in [0.29, 0.717) is 5.56 Å². The highest BCUT2D eigenvalue weighted by Gasteiger charge is 2.43. The van der Waals surface area contributed by atoms with Gasteiger partial charge in [-0.15, -0.1) is 0 Å². The number of carbonyl (C=O) groups is 5. The molecule has 182 valence electrons. The van der Waals surface area contributed by atoms with Gasteiger partial charge in [-0.3, -0.25) is 14.4 Å². The monoisotopic (exact) mass is 468 g/mol. The summed E-state index contributed by atoms with van der Waals surface area (Å²) in [4.78, 5) is 61.1. The maximum atomic E-state index is 12.6. The summed E-state index contributed by atoms with van der Waals surface area (Å²) in [5, 5.41) is 14.0. The summed E-state index contributed by atoms with van der Waals surface area (Å²) < 4.78 is 18.9. The van der Waals surface area contributed by atoms with Crippen molar-refractivity contribution in [1.82, 2.24) is 10.6 Å². The molecule has 0 bridgehead atoms. The number of carbonyl (C=O) groups excluding carboxylic acids is 5. The maximum Gasteiger partial charge on any atom is 0.408 e. The zero-order valence-corrected chi connectivity index (χ0v) is 18.7. The normalized spacial score (nSPS) is 13.2. The highest BCUT2D eigenvalue weighted by Crippen LogP contribution is 2.20. The maximum absolute atomic E-state index is 12.6. The number of nitrogens with one attached hydrogen (secondary N) is 2. The second kappa shape index (κ2) is 13.7. The number of methoxy groups -OCH3 is 3. The van der Waals surface area contributed by atoms with Gasteiger partial charge in [-0.05, 0) is 5.56 Å². The van der Waals surface area contributed by atoms with Crippen molar-refractivity contribution in [1.29, 1.82) is 0 Å². The van der Waals surface area contributed by atoms with Gasteiger partial charge >= 0.3 is 24.0 Å². The predicted molar refractivity (Wildman–Crippen MR) is 111 cm³/mol. The van der Waals surface area contributed by atoms with Crippen LogP contribution in [0, 0.1) is 11.8 Å². The SMILES string of the molecule is COC(=O)C(C(=O)OC)[C@@H](C)[C@@H](NC(=O)[C@H](CO)NC(=O)OCc1ccccc1)C(=O)OC. The molecule has 1 rings (SSSR count). The lowest BCUT2D eigenvalue weighted by atomic mass is 9.87. The number of rotatable bonds is 11. The van der Waals surface area contributed by atoms with Crippen LogP contribution >= 0.6 is 0 Å². The highest BCUT2D eigenvalue weighted by molar-refractivity contribution is 5.97. The molecule has 0 fully saturated rings. The van der Waals surface area contributed by atoms with Crippen LogP contribution in [0.3, 0.4) is 0 Å². The number of alkyl carbamates (subject to hydrolysis) is 1. The fourth-order valence-electron chi connectivity index (χ4n) is 2.86. The Balaban J connectivity index is 2.91. The van der Waals surface area contributed by atoms with Crippen LogP contribution in [0.1, 0.15) is 12.5 Å². The number of amides is 2. The van der Waals surface area contributed by atoms with Crippen molar-refractivity contribution >= 4 is 29.9 Å². The number of aliphatic hydroxyl groups is 1. The minimum absolute atomic E-state index is 0.0752. The lowest BCUT2D eigenvalue weighted by Gasteiger charge is -2.28. The fraction of sp³-hybridized carbons (Fsp3) is 0.476. The van der Waals surface area contributed by atoms with E-state index in [4.69, 9.17) is 4.74 Å². The molecule has 0 aliphatic heterocycles. The van der Waals surface area contributed by atoms with Crippen LogP contribution in [0.25, 0.3) is 0 Å². The van der Waals surface area contributed by atoms with Crippen LogP contribution in [0.2, 0.25) is 0 Å². The quantitative estimate of drug-likeness (QED) is 0.219. The molecule has 12 nitrogen and oxygen atoms in total. The van der Waals surface area contributed by atoms with Crippen LogP contribution in [0.5, 0.6) is 0 Å². The predicted octanol–water partition coefficient (Wildman–Crippen LogP) is -0.470. The molecule has 0 aliphatic rings. The van der Waals surface area contributed by atoms with Gasteiger partial charge in [-0.1, -0.05) is 37.3 Å². The van der Waals surface area contributed by atoms with Crippen molar-refractivity contribution in [2.75, 3.05) is 27.9 Å². The molecule has 3 N–H and O–H groups in total. The van der Waals surface area contributed by atoms with Gasteiger partial charge in [0.2, 0.25) is 5.91 Å². The second-order valence-corrected chi connectivity index (χ2v) is 6.83. The summed E-state index contributed by atoms with van der Waals surface area (Å²) in [6.45, 7) is 0.427. The summed E-state index contributed by atoms with van der Waals surface area (Å²) in [5.41, 5.74) is 0.703. The van der Waals surface area contributed by atoms with Crippen molar-refractivity contribution in [2.24, 2.45) is 11.8 Å². The van der Waals surface area contributed by atoms with E-state index in [1.54, 1.807) is 30.3 Å². The molecular weight excluding hydrogens is 440 g/mol. The summed E-state index contributed by atoms with van der Waals surface area (Å²) >= 11 is 0. The topological polar surface area (TPSA) is 167 Å². The molecule has 0 aromatic heterocycles. The van der Waals surface area contributed by atoms with E-state index in [1.807, 2.05) is 0 Å². The van der Waals surface area contributed by atoms with Crippen LogP contribution in [-0.2, 0) is 44.7 Å². The summed E-state index contributed by atoms with van der Waals surface area (Å²) in [6, 6.07) is 5.74. The summed E-state index contributed by atoms with van der Waals surface area (Å²) in [7, 11) is 3.13. The second-order valence-electron chi connectivity index (χ2n) is 6.83. The molecular formula is C21H28N2O10. The Labute approximate surface area is 190 Å². The van der Waals surface area contributed by atoms with Gasteiger partial charge in [0, 0.05) is 5.92 Å².